The van der Waals surface area contributed by atoms with Gasteiger partial charge in [-0.3, -0.25) is 4.79 Å². The monoisotopic (exact) mass is 388 g/mol. The van der Waals surface area contributed by atoms with Crippen LogP contribution in [-0.4, -0.2) is 19.0 Å². The molecular weight excluding hydrogens is 368 g/mol. The molecule has 2 aliphatic carbocycles. The van der Waals surface area contributed by atoms with Crippen LogP contribution in [-0.2, 0) is 12.8 Å². The van der Waals surface area contributed by atoms with Gasteiger partial charge in [-0.2, -0.15) is 0 Å². The van der Waals surface area contributed by atoms with Crippen molar-refractivity contribution in [2.75, 3.05) is 13.2 Å². The normalized spacial score (nSPS) is 18.8. The Kier molecular flexibility index (Phi) is 4.03. The molecule has 0 saturated heterocycles. The first-order chi connectivity index (χ1) is 11.7. The minimum atomic E-state index is -0.133. The molecule has 126 valence electrons. The number of Topliss-reactive ketones (excluding diaryl/α,β-unsaturated/α-hetero) is 1. The topological polar surface area (TPSA) is 35.5 Å². The number of aryl methyl sites for hydroxylation is 1. The fourth-order valence-corrected chi connectivity index (χ4v) is 4.81. The van der Waals surface area contributed by atoms with E-state index in [9.17, 15) is 4.79 Å². The van der Waals surface area contributed by atoms with Crippen molar-refractivity contribution in [1.82, 2.24) is 0 Å². The second-order valence-corrected chi connectivity index (χ2v) is 7.31. The number of carbonyl (C=O) groups excluding carboxylic acids is 1. The van der Waals surface area contributed by atoms with Gasteiger partial charge in [0.15, 0.2) is 17.3 Å². The summed E-state index contributed by atoms with van der Waals surface area (Å²) in [5.74, 6) is 1.70. The van der Waals surface area contributed by atoms with Gasteiger partial charge in [0.05, 0.1) is 13.2 Å². The molecule has 24 heavy (non-hydrogen) atoms. The third kappa shape index (κ3) is 2.19. The molecular formula is C20H21BrO3. The molecule has 0 spiro atoms. The van der Waals surface area contributed by atoms with Crippen LogP contribution < -0.4 is 9.47 Å². The number of carbonyl (C=O) groups is 1. The van der Waals surface area contributed by atoms with Crippen LogP contribution in [0.2, 0.25) is 0 Å². The Balaban J connectivity index is 2.04. The van der Waals surface area contributed by atoms with E-state index in [-0.39, 0.29) is 10.6 Å². The number of ketones is 1. The second kappa shape index (κ2) is 6.07. The van der Waals surface area contributed by atoms with Crippen molar-refractivity contribution in [1.29, 1.82) is 0 Å². The van der Waals surface area contributed by atoms with E-state index in [2.05, 4.69) is 22.0 Å². The summed E-state index contributed by atoms with van der Waals surface area (Å²) >= 11 is 3.57. The van der Waals surface area contributed by atoms with Crippen molar-refractivity contribution in [2.45, 2.75) is 44.4 Å². The third-order valence-corrected chi connectivity index (χ3v) is 5.94. The van der Waals surface area contributed by atoms with Crippen molar-refractivity contribution in [2.24, 2.45) is 0 Å². The van der Waals surface area contributed by atoms with Crippen molar-refractivity contribution >= 4 is 32.5 Å². The molecule has 0 aromatic heterocycles. The largest absolute Gasteiger partial charge is 0.490 e. The zero-order valence-corrected chi connectivity index (χ0v) is 15.7. The first-order valence-electron chi connectivity index (χ1n) is 8.76. The van der Waals surface area contributed by atoms with E-state index >= 15 is 0 Å². The average Bonchev–Trinajstić information content (AvgIpc) is 2.61. The van der Waals surface area contributed by atoms with Crippen LogP contribution in [0.4, 0.5) is 0 Å². The van der Waals surface area contributed by atoms with Gasteiger partial charge in [0.25, 0.3) is 0 Å². The molecule has 0 bridgehead atoms. The molecule has 0 amide bonds. The molecule has 4 rings (SSSR count). The van der Waals surface area contributed by atoms with Crippen LogP contribution in [0.15, 0.2) is 12.1 Å². The van der Waals surface area contributed by atoms with Gasteiger partial charge >= 0.3 is 0 Å². The van der Waals surface area contributed by atoms with Gasteiger partial charge in [-0.25, -0.2) is 0 Å². The number of rotatable bonds is 4. The maximum atomic E-state index is 12.5. The van der Waals surface area contributed by atoms with Crippen LogP contribution in [0.3, 0.4) is 0 Å². The summed E-state index contributed by atoms with van der Waals surface area (Å²) in [5, 5.41) is 2.20. The minimum Gasteiger partial charge on any atom is -0.490 e. The van der Waals surface area contributed by atoms with E-state index in [1.165, 1.54) is 34.9 Å². The fraction of sp³-hybridized carbons (Fsp3) is 0.450. The lowest BCUT2D eigenvalue weighted by atomic mass is 9.73. The summed E-state index contributed by atoms with van der Waals surface area (Å²) < 4.78 is 11.6. The zero-order chi connectivity index (χ0) is 16.8. The molecule has 3 nitrogen and oxygen atoms in total. The van der Waals surface area contributed by atoms with Gasteiger partial charge in [-0.15, -0.1) is 0 Å². The number of ether oxygens (including phenoxy) is 2. The summed E-state index contributed by atoms with van der Waals surface area (Å²) in [6.45, 7) is 5.12. The molecule has 2 aliphatic rings. The lowest BCUT2D eigenvalue weighted by molar-refractivity contribution is 0.0967. The number of alkyl halides is 1. The highest BCUT2D eigenvalue weighted by Crippen LogP contribution is 2.50. The van der Waals surface area contributed by atoms with Crippen molar-refractivity contribution in [3.8, 4) is 11.5 Å². The molecule has 2 aromatic rings. The Morgan fingerprint density at radius 1 is 1.00 bits per heavy atom. The summed E-state index contributed by atoms with van der Waals surface area (Å²) in [4.78, 5) is 12.4. The van der Waals surface area contributed by atoms with Crippen molar-refractivity contribution in [3.63, 3.8) is 0 Å². The average molecular weight is 389 g/mol. The molecule has 0 radical (unpaired) electrons. The maximum absolute atomic E-state index is 12.5. The molecule has 0 fully saturated rings. The Morgan fingerprint density at radius 2 is 1.58 bits per heavy atom. The summed E-state index contributed by atoms with van der Waals surface area (Å²) in [6.07, 6.45) is 4.56. The van der Waals surface area contributed by atoms with Crippen LogP contribution in [0.1, 0.15) is 58.6 Å². The minimum absolute atomic E-state index is 0.133. The molecule has 0 N–H and O–H groups in total. The second-order valence-electron chi connectivity index (χ2n) is 6.39. The SMILES string of the molecule is CCOc1cc2c3c(c4c(c2cc1OCC)C(=O)C4Br)CCCC3. The Labute approximate surface area is 150 Å². The summed E-state index contributed by atoms with van der Waals surface area (Å²) in [7, 11) is 0. The lowest BCUT2D eigenvalue weighted by Gasteiger charge is -2.33. The summed E-state index contributed by atoms with van der Waals surface area (Å²) in [5.41, 5.74) is 4.89. The Morgan fingerprint density at radius 3 is 2.21 bits per heavy atom. The molecule has 2 aromatic carbocycles. The van der Waals surface area contributed by atoms with E-state index in [0.717, 1.165) is 35.3 Å². The molecule has 0 heterocycles. The standard InChI is InChI=1S/C20H21BrO3/c1-3-23-15-9-13-11-7-5-6-8-12(11)17-18(20(22)19(17)21)14(13)10-16(15)24-4-2/h9-10,19H,3-8H2,1-2H3. The van der Waals surface area contributed by atoms with Crippen LogP contribution in [0, 0.1) is 0 Å². The first kappa shape index (κ1) is 15.9. The highest BCUT2D eigenvalue weighted by Gasteiger charge is 2.40. The van der Waals surface area contributed by atoms with Gasteiger partial charge < -0.3 is 9.47 Å². The molecule has 1 atom stereocenters. The number of halogens is 1. The maximum Gasteiger partial charge on any atom is 0.181 e. The van der Waals surface area contributed by atoms with E-state index < -0.39 is 0 Å². The zero-order valence-electron chi connectivity index (χ0n) is 14.1. The highest BCUT2D eigenvalue weighted by atomic mass is 79.9. The predicted octanol–water partition coefficient (Wildman–Crippen LogP) is 5.15. The molecule has 0 aliphatic heterocycles. The first-order valence-corrected chi connectivity index (χ1v) is 9.68. The van der Waals surface area contributed by atoms with E-state index in [1.54, 1.807) is 0 Å². The summed E-state index contributed by atoms with van der Waals surface area (Å²) in [6, 6.07) is 4.09. The number of benzene rings is 2. The molecule has 4 heteroatoms. The van der Waals surface area contributed by atoms with Gasteiger partial charge in [0.1, 0.15) is 4.83 Å². The smallest absolute Gasteiger partial charge is 0.181 e. The lowest BCUT2D eigenvalue weighted by Crippen LogP contribution is -2.27. The van der Waals surface area contributed by atoms with E-state index in [4.69, 9.17) is 9.47 Å². The quantitative estimate of drug-likeness (QED) is 0.679. The number of fused-ring (bicyclic) bond motifs is 6. The van der Waals surface area contributed by atoms with Crippen molar-refractivity contribution < 1.29 is 14.3 Å². The third-order valence-electron chi connectivity index (χ3n) is 5.07. The van der Waals surface area contributed by atoms with E-state index in [1.807, 2.05) is 19.9 Å². The molecule has 0 saturated carbocycles. The highest BCUT2D eigenvalue weighted by molar-refractivity contribution is 9.09. The Hall–Kier alpha value is -1.55. The van der Waals surface area contributed by atoms with Crippen LogP contribution >= 0.6 is 15.9 Å². The van der Waals surface area contributed by atoms with E-state index in [0.29, 0.717) is 13.2 Å². The van der Waals surface area contributed by atoms with Gasteiger partial charge in [-0.05, 0) is 79.1 Å². The molecule has 1 unspecified atom stereocenters. The van der Waals surface area contributed by atoms with Gasteiger partial charge in [0.2, 0.25) is 0 Å². The number of hydrogen-bond donors (Lipinski definition) is 0. The van der Waals surface area contributed by atoms with Crippen LogP contribution in [0.5, 0.6) is 11.5 Å². The van der Waals surface area contributed by atoms with Gasteiger partial charge in [0, 0.05) is 5.56 Å². The van der Waals surface area contributed by atoms with Crippen LogP contribution in [0.25, 0.3) is 10.8 Å². The van der Waals surface area contributed by atoms with Gasteiger partial charge in [-0.1, -0.05) is 15.9 Å². The van der Waals surface area contributed by atoms with Crippen molar-refractivity contribution in [3.05, 3.63) is 34.4 Å². The predicted molar refractivity (Wildman–Crippen MR) is 98.9 cm³/mol. The Bertz CT molecular complexity index is 841. The number of hydrogen-bond acceptors (Lipinski definition) is 3. The fourth-order valence-electron chi connectivity index (χ4n) is 4.07.